The summed E-state index contributed by atoms with van der Waals surface area (Å²) >= 11 is 11.8. The van der Waals surface area contributed by atoms with E-state index in [-0.39, 0.29) is 12.3 Å². The summed E-state index contributed by atoms with van der Waals surface area (Å²) in [4.78, 5) is 25.9. The summed E-state index contributed by atoms with van der Waals surface area (Å²) in [5, 5.41) is 0.904. The molecular weight excluding hydrogens is 349 g/mol. The van der Waals surface area contributed by atoms with E-state index in [0.717, 1.165) is 5.69 Å². The van der Waals surface area contributed by atoms with E-state index in [9.17, 15) is 9.59 Å². The molecule has 0 aromatic heterocycles. The Morgan fingerprint density at radius 2 is 1.79 bits per heavy atom. The molecule has 0 radical (unpaired) electrons. The van der Waals surface area contributed by atoms with Crippen molar-refractivity contribution in [3.63, 3.8) is 0 Å². The van der Waals surface area contributed by atoms with E-state index in [2.05, 4.69) is 10.9 Å². The lowest BCUT2D eigenvalue weighted by Crippen LogP contribution is -2.42. The molecule has 0 aliphatic heterocycles. The normalized spacial score (nSPS) is 10.2. The van der Waals surface area contributed by atoms with E-state index < -0.39 is 5.91 Å². The second kappa shape index (κ2) is 8.04. The van der Waals surface area contributed by atoms with Crippen molar-refractivity contribution in [1.82, 2.24) is 10.9 Å². The number of hydrogen-bond acceptors (Lipinski definition) is 3. The third-order valence-electron chi connectivity index (χ3n) is 3.31. The molecule has 0 heterocycles. The van der Waals surface area contributed by atoms with Crippen LogP contribution in [-0.2, 0) is 11.2 Å². The van der Waals surface area contributed by atoms with Crippen LogP contribution in [0.4, 0.5) is 5.69 Å². The monoisotopic (exact) mass is 365 g/mol. The molecule has 0 aliphatic carbocycles. The largest absolute Gasteiger partial charge is 0.378 e. The van der Waals surface area contributed by atoms with Crippen LogP contribution in [0.25, 0.3) is 0 Å². The number of halogens is 2. The zero-order valence-electron chi connectivity index (χ0n) is 13.3. The zero-order chi connectivity index (χ0) is 17.7. The molecule has 0 saturated carbocycles. The van der Waals surface area contributed by atoms with E-state index in [0.29, 0.717) is 21.2 Å². The van der Waals surface area contributed by atoms with E-state index in [1.807, 2.05) is 25.1 Å². The van der Waals surface area contributed by atoms with E-state index in [1.54, 1.807) is 36.4 Å². The molecule has 0 aliphatic rings. The van der Waals surface area contributed by atoms with Crippen LogP contribution in [0, 0.1) is 0 Å². The molecule has 2 rings (SSSR count). The van der Waals surface area contributed by atoms with Crippen molar-refractivity contribution in [1.29, 1.82) is 0 Å². The van der Waals surface area contributed by atoms with Crippen LogP contribution in [0.15, 0.2) is 42.5 Å². The van der Waals surface area contributed by atoms with Crippen LogP contribution < -0.4 is 15.8 Å². The molecule has 2 aromatic rings. The summed E-state index contributed by atoms with van der Waals surface area (Å²) in [6.45, 7) is 0. The Morgan fingerprint density at radius 3 is 2.46 bits per heavy atom. The standard InChI is InChI=1S/C17H17Cl2N3O2/c1-22(2)14-5-3-4-12(8-14)17(24)21-20-16(23)9-11-6-7-13(18)10-15(11)19/h3-8,10H,9H2,1-2H3,(H,20,23)(H,21,24). The number of hydrazine groups is 1. The maximum atomic E-state index is 12.1. The SMILES string of the molecule is CN(C)c1cccc(C(=O)NNC(=O)Cc2ccc(Cl)cc2Cl)c1. The van der Waals surface area contributed by atoms with Gasteiger partial charge in [-0.2, -0.15) is 0 Å². The first kappa shape index (κ1) is 18.1. The van der Waals surface area contributed by atoms with Gasteiger partial charge in [-0.25, -0.2) is 0 Å². The Balaban J connectivity index is 1.93. The molecule has 2 amide bonds. The quantitative estimate of drug-likeness (QED) is 0.818. The number of nitrogens with zero attached hydrogens (tertiary/aromatic N) is 1. The van der Waals surface area contributed by atoms with E-state index >= 15 is 0 Å². The number of hydrogen-bond donors (Lipinski definition) is 2. The van der Waals surface area contributed by atoms with Crippen molar-refractivity contribution >= 4 is 40.7 Å². The van der Waals surface area contributed by atoms with Crippen LogP contribution in [0.1, 0.15) is 15.9 Å². The van der Waals surface area contributed by atoms with Gasteiger partial charge in [0, 0.05) is 35.4 Å². The maximum absolute atomic E-state index is 12.1. The summed E-state index contributed by atoms with van der Waals surface area (Å²) in [6, 6.07) is 12.0. The Kier molecular flexibility index (Phi) is 6.06. The van der Waals surface area contributed by atoms with Crippen LogP contribution >= 0.6 is 23.2 Å². The lowest BCUT2D eigenvalue weighted by atomic mass is 10.1. The molecule has 24 heavy (non-hydrogen) atoms. The molecule has 0 bridgehead atoms. The number of rotatable bonds is 4. The zero-order valence-corrected chi connectivity index (χ0v) is 14.8. The van der Waals surface area contributed by atoms with Gasteiger partial charge >= 0.3 is 0 Å². The van der Waals surface area contributed by atoms with Crippen LogP contribution in [0.5, 0.6) is 0 Å². The molecule has 5 nitrogen and oxygen atoms in total. The smallest absolute Gasteiger partial charge is 0.269 e. The average molecular weight is 366 g/mol. The third-order valence-corrected chi connectivity index (χ3v) is 3.89. The summed E-state index contributed by atoms with van der Waals surface area (Å²) in [5.74, 6) is -0.773. The van der Waals surface area contributed by atoms with Gasteiger partial charge in [-0.15, -0.1) is 0 Å². The van der Waals surface area contributed by atoms with E-state index in [4.69, 9.17) is 23.2 Å². The second-order valence-corrected chi connectivity index (χ2v) is 6.20. The highest BCUT2D eigenvalue weighted by Gasteiger charge is 2.11. The molecule has 2 N–H and O–H groups in total. The van der Waals surface area contributed by atoms with Crippen molar-refractivity contribution in [2.75, 3.05) is 19.0 Å². The minimum atomic E-state index is -0.394. The highest BCUT2D eigenvalue weighted by atomic mass is 35.5. The Hall–Kier alpha value is -2.24. The first-order valence-electron chi connectivity index (χ1n) is 7.17. The molecule has 0 unspecified atom stereocenters. The predicted molar refractivity (Wildman–Crippen MR) is 96.5 cm³/mol. The first-order chi connectivity index (χ1) is 11.4. The van der Waals surface area contributed by atoms with Crippen LogP contribution in [0.2, 0.25) is 10.0 Å². The van der Waals surface area contributed by atoms with Gasteiger partial charge in [0.15, 0.2) is 0 Å². The fourth-order valence-corrected chi connectivity index (χ4v) is 2.48. The van der Waals surface area contributed by atoms with Crippen LogP contribution in [0.3, 0.4) is 0 Å². The van der Waals surface area contributed by atoms with E-state index in [1.165, 1.54) is 0 Å². The third kappa shape index (κ3) is 4.88. The van der Waals surface area contributed by atoms with Crippen molar-refractivity contribution in [3.05, 3.63) is 63.6 Å². The van der Waals surface area contributed by atoms with Gasteiger partial charge in [0.05, 0.1) is 6.42 Å². The van der Waals surface area contributed by atoms with Gasteiger partial charge in [-0.3, -0.25) is 20.4 Å². The summed E-state index contributed by atoms with van der Waals surface area (Å²) < 4.78 is 0. The maximum Gasteiger partial charge on any atom is 0.269 e. The lowest BCUT2D eigenvalue weighted by molar-refractivity contribution is -0.121. The van der Waals surface area contributed by atoms with Crippen molar-refractivity contribution in [3.8, 4) is 0 Å². The van der Waals surface area contributed by atoms with Crippen molar-refractivity contribution in [2.45, 2.75) is 6.42 Å². The number of anilines is 1. The molecule has 0 spiro atoms. The Labute approximate surface area is 150 Å². The molecule has 0 fully saturated rings. The molecule has 7 heteroatoms. The van der Waals surface area contributed by atoms with Gasteiger partial charge < -0.3 is 4.90 Å². The van der Waals surface area contributed by atoms with Gasteiger partial charge in [0.25, 0.3) is 5.91 Å². The van der Waals surface area contributed by atoms with Gasteiger partial charge in [0.2, 0.25) is 5.91 Å². The van der Waals surface area contributed by atoms with Crippen molar-refractivity contribution in [2.24, 2.45) is 0 Å². The minimum absolute atomic E-state index is 0.0357. The molecule has 0 saturated heterocycles. The second-order valence-electron chi connectivity index (χ2n) is 5.36. The van der Waals surface area contributed by atoms with Gasteiger partial charge in [-0.1, -0.05) is 35.3 Å². The fraction of sp³-hybridized carbons (Fsp3) is 0.176. The Bertz CT molecular complexity index is 763. The lowest BCUT2D eigenvalue weighted by Gasteiger charge is -2.13. The summed E-state index contributed by atoms with van der Waals surface area (Å²) in [5.41, 5.74) is 6.73. The number of amides is 2. The highest BCUT2D eigenvalue weighted by molar-refractivity contribution is 6.35. The molecule has 126 valence electrons. The number of carbonyl (C=O) groups is 2. The van der Waals surface area contributed by atoms with Crippen LogP contribution in [-0.4, -0.2) is 25.9 Å². The first-order valence-corrected chi connectivity index (χ1v) is 7.93. The molecular formula is C17H17Cl2N3O2. The molecule has 0 atom stereocenters. The highest BCUT2D eigenvalue weighted by Crippen LogP contribution is 2.21. The van der Waals surface area contributed by atoms with Crippen molar-refractivity contribution < 1.29 is 9.59 Å². The number of carbonyl (C=O) groups excluding carboxylic acids is 2. The van der Waals surface area contributed by atoms with Gasteiger partial charge in [0.1, 0.15) is 0 Å². The predicted octanol–water partition coefficient (Wildman–Crippen LogP) is 3.06. The number of nitrogens with one attached hydrogen (secondary N) is 2. The van der Waals surface area contributed by atoms with Gasteiger partial charge in [-0.05, 0) is 35.9 Å². The fourth-order valence-electron chi connectivity index (χ4n) is 2.01. The molecule has 2 aromatic carbocycles. The topological polar surface area (TPSA) is 61.4 Å². The minimum Gasteiger partial charge on any atom is -0.378 e. The number of benzene rings is 2. The Morgan fingerprint density at radius 1 is 1.04 bits per heavy atom. The summed E-state index contributed by atoms with van der Waals surface area (Å²) in [6.07, 6.45) is 0.0357. The average Bonchev–Trinajstić information content (AvgIpc) is 2.55. The summed E-state index contributed by atoms with van der Waals surface area (Å²) in [7, 11) is 3.77.